The Kier molecular flexibility index (Phi) is 10.4. The normalized spacial score (nSPS) is 17.8. The van der Waals surface area contributed by atoms with Crippen molar-refractivity contribution in [3.05, 3.63) is 54.1 Å². The van der Waals surface area contributed by atoms with E-state index >= 15 is 0 Å². The molecule has 1 N–H and O–H groups in total. The number of carbonyl (C=O) groups is 1. The zero-order valence-corrected chi connectivity index (χ0v) is 23.4. The van der Waals surface area contributed by atoms with Crippen LogP contribution in [0.5, 0.6) is 0 Å². The Morgan fingerprint density at radius 3 is 1.90 bits per heavy atom. The number of halogens is 6. The number of thioether (sulfide) groups is 1. The first-order valence-corrected chi connectivity index (χ1v) is 14.9. The van der Waals surface area contributed by atoms with E-state index in [-0.39, 0.29) is 22.6 Å². The molecular formula is C27H32F6N4OS2. The molecular weight excluding hydrogens is 574 g/mol. The summed E-state index contributed by atoms with van der Waals surface area (Å²) in [4.78, 5) is 19.0. The summed E-state index contributed by atoms with van der Waals surface area (Å²) in [6.45, 7) is 5.37. The number of nitrogens with one attached hydrogen (secondary N) is 1. The number of nitrogens with zero attached hydrogens (tertiary/aromatic N) is 3. The van der Waals surface area contributed by atoms with Crippen molar-refractivity contribution in [3.63, 3.8) is 0 Å². The molecule has 1 amide bonds. The fraction of sp³-hybridized carbons (Fsp3) is 0.519. The summed E-state index contributed by atoms with van der Waals surface area (Å²) < 4.78 is 78.8. The van der Waals surface area contributed by atoms with Crippen molar-refractivity contribution < 1.29 is 31.1 Å². The van der Waals surface area contributed by atoms with Gasteiger partial charge in [-0.1, -0.05) is 0 Å². The molecule has 40 heavy (non-hydrogen) atoms. The lowest BCUT2D eigenvalue weighted by Crippen LogP contribution is -2.46. The van der Waals surface area contributed by atoms with Crippen molar-refractivity contribution in [3.8, 4) is 0 Å². The minimum absolute atomic E-state index is 0.00595. The highest BCUT2D eigenvalue weighted by Gasteiger charge is 2.31. The molecule has 2 aromatic rings. The summed E-state index contributed by atoms with van der Waals surface area (Å²) in [5, 5.41) is 0.290. The van der Waals surface area contributed by atoms with Crippen molar-refractivity contribution in [2.45, 2.75) is 47.5 Å². The SMILES string of the molecule is O=C(CCCN1CCN(c2ccc(C(F)(F)F)cc2)CC1)NSC1CCN(c2ccc(SC(F)(F)F)cc2)CC1. The summed E-state index contributed by atoms with van der Waals surface area (Å²) in [5.74, 6) is -0.00595. The van der Waals surface area contributed by atoms with Gasteiger partial charge >= 0.3 is 11.7 Å². The molecule has 2 saturated heterocycles. The molecule has 5 nitrogen and oxygen atoms in total. The molecule has 0 radical (unpaired) electrons. The number of piperidine rings is 1. The van der Waals surface area contributed by atoms with Gasteiger partial charge in [0.2, 0.25) is 5.91 Å². The summed E-state index contributed by atoms with van der Waals surface area (Å²) in [7, 11) is 0. The third-order valence-corrected chi connectivity index (χ3v) is 8.92. The average Bonchev–Trinajstić information content (AvgIpc) is 2.92. The van der Waals surface area contributed by atoms with Crippen molar-refractivity contribution >= 4 is 41.0 Å². The van der Waals surface area contributed by atoms with Crippen LogP contribution in [0, 0.1) is 0 Å². The minimum Gasteiger partial charge on any atom is -0.371 e. The topological polar surface area (TPSA) is 38.8 Å². The largest absolute Gasteiger partial charge is 0.446 e. The number of hydrogen-bond acceptors (Lipinski definition) is 6. The van der Waals surface area contributed by atoms with E-state index in [0.717, 1.165) is 88.6 Å². The molecule has 4 rings (SSSR count). The van der Waals surface area contributed by atoms with E-state index < -0.39 is 17.2 Å². The number of hydrogen-bond donors (Lipinski definition) is 1. The van der Waals surface area contributed by atoms with E-state index in [1.165, 1.54) is 36.2 Å². The van der Waals surface area contributed by atoms with Crippen molar-refractivity contribution in [1.29, 1.82) is 0 Å². The number of piperazine rings is 1. The fourth-order valence-electron chi connectivity index (χ4n) is 4.84. The highest BCUT2D eigenvalue weighted by molar-refractivity contribution is 8.00. The second-order valence-electron chi connectivity index (χ2n) is 9.85. The van der Waals surface area contributed by atoms with Crippen LogP contribution in [0.4, 0.5) is 37.7 Å². The first kappa shape index (κ1) is 30.7. The lowest BCUT2D eigenvalue weighted by molar-refractivity contribution is -0.137. The molecule has 220 valence electrons. The molecule has 2 fully saturated rings. The molecule has 0 atom stereocenters. The second kappa shape index (κ2) is 13.6. The Morgan fingerprint density at radius 1 is 0.800 bits per heavy atom. The summed E-state index contributed by atoms with van der Waals surface area (Å²) in [6.07, 6.45) is -1.44. The minimum atomic E-state index is -4.33. The van der Waals surface area contributed by atoms with Crippen LogP contribution in [0.3, 0.4) is 0 Å². The third kappa shape index (κ3) is 9.41. The van der Waals surface area contributed by atoms with Gasteiger partial charge in [-0.2, -0.15) is 26.3 Å². The standard InChI is InChI=1S/C27H32F6N4OS2/c28-26(29,30)20-3-5-21(6-4-20)37-18-16-35(17-19-37)13-1-2-25(38)34-40-24-11-14-36(15-12-24)22-7-9-23(10-8-22)39-27(31,32)33/h3-10,24H,1-2,11-19H2,(H,34,38). The van der Waals surface area contributed by atoms with E-state index in [0.29, 0.717) is 11.7 Å². The highest BCUT2D eigenvalue weighted by Crippen LogP contribution is 2.37. The summed E-state index contributed by atoms with van der Waals surface area (Å²) in [6, 6.07) is 11.7. The van der Waals surface area contributed by atoms with Crippen molar-refractivity contribution in [1.82, 2.24) is 9.62 Å². The molecule has 2 aromatic carbocycles. The first-order valence-electron chi connectivity index (χ1n) is 13.2. The van der Waals surface area contributed by atoms with Gasteiger partial charge in [-0.05, 0) is 98.0 Å². The van der Waals surface area contributed by atoms with E-state index in [1.807, 2.05) is 0 Å². The predicted molar refractivity (Wildman–Crippen MR) is 149 cm³/mol. The Morgan fingerprint density at radius 2 is 1.35 bits per heavy atom. The molecule has 0 saturated carbocycles. The van der Waals surface area contributed by atoms with Gasteiger partial charge in [-0.3, -0.25) is 14.4 Å². The molecule has 2 aliphatic heterocycles. The summed E-state index contributed by atoms with van der Waals surface area (Å²) >= 11 is 1.34. The molecule has 13 heteroatoms. The maximum Gasteiger partial charge on any atom is 0.446 e. The van der Waals surface area contributed by atoms with Gasteiger partial charge in [0.15, 0.2) is 0 Å². The van der Waals surface area contributed by atoms with Crippen LogP contribution in [0.2, 0.25) is 0 Å². The number of benzene rings is 2. The molecule has 0 spiro atoms. The van der Waals surface area contributed by atoms with E-state index in [9.17, 15) is 31.1 Å². The average molecular weight is 607 g/mol. The number of alkyl halides is 6. The number of anilines is 2. The summed E-state index contributed by atoms with van der Waals surface area (Å²) in [5.41, 5.74) is -3.25. The molecule has 2 heterocycles. The Labute approximate surface area is 238 Å². The molecule has 2 aliphatic rings. The smallest absolute Gasteiger partial charge is 0.371 e. The second-order valence-corrected chi connectivity index (χ2v) is 12.1. The fourth-order valence-corrected chi connectivity index (χ4v) is 6.23. The maximum atomic E-state index is 12.8. The monoisotopic (exact) mass is 606 g/mol. The third-order valence-electron chi connectivity index (χ3n) is 7.03. The van der Waals surface area contributed by atoms with Crippen LogP contribution in [-0.2, 0) is 11.0 Å². The quantitative estimate of drug-likeness (QED) is 0.196. The van der Waals surface area contributed by atoms with Crippen molar-refractivity contribution in [2.75, 3.05) is 55.6 Å². The Balaban J connectivity index is 1.08. The molecule has 0 unspecified atom stereocenters. The number of carbonyl (C=O) groups excluding carboxylic acids is 1. The van der Waals surface area contributed by atoms with E-state index in [1.54, 1.807) is 12.1 Å². The Bertz CT molecular complexity index is 1080. The van der Waals surface area contributed by atoms with Gasteiger partial charge in [0.1, 0.15) is 0 Å². The highest BCUT2D eigenvalue weighted by atomic mass is 32.2. The van der Waals surface area contributed by atoms with Crippen molar-refractivity contribution in [2.24, 2.45) is 0 Å². The van der Waals surface area contributed by atoms with Gasteiger partial charge in [-0.25, -0.2) is 0 Å². The van der Waals surface area contributed by atoms with Gasteiger partial charge in [0.05, 0.1) is 5.56 Å². The van der Waals surface area contributed by atoms with Gasteiger partial charge < -0.3 is 9.80 Å². The van der Waals surface area contributed by atoms with Crippen LogP contribution in [0.15, 0.2) is 53.4 Å². The van der Waals surface area contributed by atoms with E-state index in [4.69, 9.17) is 0 Å². The zero-order valence-electron chi connectivity index (χ0n) is 21.8. The van der Waals surface area contributed by atoms with Crippen LogP contribution in [0.25, 0.3) is 0 Å². The maximum absolute atomic E-state index is 12.8. The molecule has 0 aliphatic carbocycles. The lowest BCUT2D eigenvalue weighted by Gasteiger charge is -2.36. The number of rotatable bonds is 9. The zero-order chi connectivity index (χ0) is 28.8. The van der Waals surface area contributed by atoms with Crippen LogP contribution < -0.4 is 14.5 Å². The predicted octanol–water partition coefficient (Wildman–Crippen LogP) is 6.65. The van der Waals surface area contributed by atoms with E-state index in [2.05, 4.69) is 19.4 Å². The number of amides is 1. The van der Waals surface area contributed by atoms with Gasteiger partial charge in [0, 0.05) is 67.2 Å². The van der Waals surface area contributed by atoms with Gasteiger partial charge in [-0.15, -0.1) is 0 Å². The van der Waals surface area contributed by atoms with Crippen LogP contribution >= 0.6 is 23.7 Å². The first-order chi connectivity index (χ1) is 19.0. The molecule has 0 aromatic heterocycles. The Hall–Kier alpha value is -2.25. The lowest BCUT2D eigenvalue weighted by atomic mass is 10.1. The van der Waals surface area contributed by atoms with Crippen LogP contribution in [-0.4, -0.2) is 67.4 Å². The molecule has 0 bridgehead atoms. The van der Waals surface area contributed by atoms with Gasteiger partial charge in [0.25, 0.3) is 0 Å². The van der Waals surface area contributed by atoms with Crippen LogP contribution in [0.1, 0.15) is 31.2 Å².